The van der Waals surface area contributed by atoms with Crippen molar-refractivity contribution in [2.75, 3.05) is 0 Å². The molecule has 28 heavy (non-hydrogen) atoms. The van der Waals surface area contributed by atoms with Crippen molar-refractivity contribution in [3.8, 4) is 0 Å². The highest BCUT2D eigenvalue weighted by atomic mass is 32.1. The number of benzene rings is 2. The SMILES string of the molecule is C=CCn1c(=NC(=O)c2cnc3ccccc3n2)sc2cc(C(C)C)ccc21. The van der Waals surface area contributed by atoms with Crippen LogP contribution < -0.4 is 4.80 Å². The van der Waals surface area contributed by atoms with Crippen LogP contribution in [0.3, 0.4) is 0 Å². The fraction of sp³-hybridized carbons (Fsp3) is 0.182. The smallest absolute Gasteiger partial charge is 0.299 e. The van der Waals surface area contributed by atoms with Crippen LogP contribution in [0.5, 0.6) is 0 Å². The van der Waals surface area contributed by atoms with Gasteiger partial charge >= 0.3 is 0 Å². The molecule has 0 atom stereocenters. The van der Waals surface area contributed by atoms with Crippen LogP contribution in [0.15, 0.2) is 66.3 Å². The third kappa shape index (κ3) is 3.39. The molecular formula is C22H20N4OS. The highest BCUT2D eigenvalue weighted by Crippen LogP contribution is 2.23. The second-order valence-electron chi connectivity index (χ2n) is 6.83. The van der Waals surface area contributed by atoms with Crippen molar-refractivity contribution in [3.63, 3.8) is 0 Å². The second-order valence-corrected chi connectivity index (χ2v) is 7.84. The van der Waals surface area contributed by atoms with Gasteiger partial charge in [0, 0.05) is 6.54 Å². The second kappa shape index (κ2) is 7.48. The lowest BCUT2D eigenvalue weighted by Gasteiger charge is -2.05. The fourth-order valence-electron chi connectivity index (χ4n) is 3.04. The third-order valence-corrected chi connectivity index (χ3v) is 5.59. The molecular weight excluding hydrogens is 368 g/mol. The number of carbonyl (C=O) groups excluding carboxylic acids is 1. The first-order valence-corrected chi connectivity index (χ1v) is 9.93. The molecule has 0 radical (unpaired) electrons. The van der Waals surface area contributed by atoms with Gasteiger partial charge in [-0.2, -0.15) is 4.99 Å². The van der Waals surface area contributed by atoms with Crippen molar-refractivity contribution in [3.05, 3.63) is 77.4 Å². The van der Waals surface area contributed by atoms with Crippen molar-refractivity contribution in [2.24, 2.45) is 4.99 Å². The fourth-order valence-corrected chi connectivity index (χ4v) is 4.13. The molecule has 0 aliphatic heterocycles. The molecule has 0 unspecified atom stereocenters. The van der Waals surface area contributed by atoms with Gasteiger partial charge in [0.1, 0.15) is 5.69 Å². The Morgan fingerprint density at radius 2 is 2.04 bits per heavy atom. The number of para-hydroxylation sites is 2. The number of hydrogen-bond acceptors (Lipinski definition) is 4. The Kier molecular flexibility index (Phi) is 4.88. The first-order chi connectivity index (χ1) is 13.6. The average Bonchev–Trinajstić information content (AvgIpc) is 3.04. The van der Waals surface area contributed by atoms with E-state index in [0.717, 1.165) is 15.7 Å². The van der Waals surface area contributed by atoms with Gasteiger partial charge < -0.3 is 4.57 Å². The normalized spacial score (nSPS) is 12.2. The zero-order chi connectivity index (χ0) is 19.7. The summed E-state index contributed by atoms with van der Waals surface area (Å²) in [6.07, 6.45) is 3.29. The van der Waals surface area contributed by atoms with Crippen LogP contribution in [0.1, 0.15) is 35.8 Å². The van der Waals surface area contributed by atoms with E-state index in [2.05, 4.69) is 53.6 Å². The first-order valence-electron chi connectivity index (χ1n) is 9.12. The van der Waals surface area contributed by atoms with E-state index in [1.807, 2.05) is 34.9 Å². The number of amides is 1. The molecule has 0 N–H and O–H groups in total. The van der Waals surface area contributed by atoms with Gasteiger partial charge in [0.15, 0.2) is 4.80 Å². The summed E-state index contributed by atoms with van der Waals surface area (Å²) in [4.78, 5) is 26.5. The molecule has 6 heteroatoms. The van der Waals surface area contributed by atoms with E-state index < -0.39 is 5.91 Å². The van der Waals surface area contributed by atoms with Crippen LogP contribution in [0.25, 0.3) is 21.3 Å². The average molecular weight is 388 g/mol. The van der Waals surface area contributed by atoms with E-state index in [4.69, 9.17) is 0 Å². The van der Waals surface area contributed by atoms with E-state index >= 15 is 0 Å². The minimum atomic E-state index is -0.397. The summed E-state index contributed by atoms with van der Waals surface area (Å²) in [6, 6.07) is 13.9. The maximum Gasteiger partial charge on any atom is 0.299 e. The van der Waals surface area contributed by atoms with Gasteiger partial charge in [-0.3, -0.25) is 9.78 Å². The Balaban J connectivity index is 1.83. The molecule has 0 spiro atoms. The summed E-state index contributed by atoms with van der Waals surface area (Å²) < 4.78 is 3.10. The third-order valence-electron chi connectivity index (χ3n) is 4.55. The molecule has 140 valence electrons. The number of aromatic nitrogens is 3. The number of fused-ring (bicyclic) bond motifs is 2. The molecule has 1 amide bonds. The largest absolute Gasteiger partial charge is 0.312 e. The van der Waals surface area contributed by atoms with Gasteiger partial charge in [0.05, 0.1) is 27.4 Å². The maximum atomic E-state index is 12.8. The van der Waals surface area contributed by atoms with Gasteiger partial charge in [-0.25, -0.2) is 4.98 Å². The quantitative estimate of drug-likeness (QED) is 0.476. The predicted molar refractivity (Wildman–Crippen MR) is 114 cm³/mol. The number of hydrogen-bond donors (Lipinski definition) is 0. The maximum absolute atomic E-state index is 12.8. The Labute approximate surface area is 166 Å². The number of thiazole rings is 1. The van der Waals surface area contributed by atoms with E-state index in [1.165, 1.54) is 23.1 Å². The summed E-state index contributed by atoms with van der Waals surface area (Å²) in [7, 11) is 0. The molecule has 2 heterocycles. The van der Waals surface area contributed by atoms with Crippen LogP contribution in [0, 0.1) is 0 Å². The van der Waals surface area contributed by atoms with Crippen molar-refractivity contribution < 1.29 is 4.79 Å². The minimum absolute atomic E-state index is 0.240. The van der Waals surface area contributed by atoms with Crippen LogP contribution in [-0.4, -0.2) is 20.4 Å². The summed E-state index contributed by atoms with van der Waals surface area (Å²) in [5, 5.41) is 0. The van der Waals surface area contributed by atoms with E-state index in [-0.39, 0.29) is 5.69 Å². The lowest BCUT2D eigenvalue weighted by molar-refractivity contribution is 0.0993. The van der Waals surface area contributed by atoms with E-state index in [1.54, 1.807) is 0 Å². The van der Waals surface area contributed by atoms with Crippen molar-refractivity contribution in [1.82, 2.24) is 14.5 Å². The molecule has 0 aliphatic rings. The molecule has 0 fully saturated rings. The molecule has 2 aromatic carbocycles. The standard InChI is InChI=1S/C22H20N4OS/c1-4-11-26-19-10-9-15(14(2)3)12-20(19)28-22(26)25-21(27)18-13-23-16-7-5-6-8-17(16)24-18/h4-10,12-14H,1,11H2,2-3H3. The topological polar surface area (TPSA) is 60.1 Å². The summed E-state index contributed by atoms with van der Waals surface area (Å²) in [6.45, 7) is 8.75. The summed E-state index contributed by atoms with van der Waals surface area (Å²) >= 11 is 1.50. The first kappa shape index (κ1) is 18.3. The van der Waals surface area contributed by atoms with Gasteiger partial charge in [0.2, 0.25) is 0 Å². The van der Waals surface area contributed by atoms with Gasteiger partial charge in [-0.15, -0.1) is 6.58 Å². The summed E-state index contributed by atoms with van der Waals surface area (Å²) in [5.74, 6) is 0.0425. The van der Waals surface area contributed by atoms with Crippen LogP contribution in [-0.2, 0) is 6.54 Å². The zero-order valence-corrected chi connectivity index (χ0v) is 16.6. The van der Waals surface area contributed by atoms with Crippen molar-refractivity contribution in [2.45, 2.75) is 26.3 Å². The Morgan fingerprint density at radius 1 is 1.25 bits per heavy atom. The molecule has 0 aliphatic carbocycles. The lowest BCUT2D eigenvalue weighted by atomic mass is 10.0. The Morgan fingerprint density at radius 3 is 2.79 bits per heavy atom. The van der Waals surface area contributed by atoms with Gasteiger partial charge in [-0.05, 0) is 35.7 Å². The van der Waals surface area contributed by atoms with Crippen LogP contribution >= 0.6 is 11.3 Å². The predicted octanol–water partition coefficient (Wildman–Crippen LogP) is 4.70. The van der Waals surface area contributed by atoms with E-state index in [0.29, 0.717) is 22.8 Å². The number of carbonyl (C=O) groups is 1. The molecule has 0 saturated carbocycles. The molecule has 2 aromatic heterocycles. The van der Waals surface area contributed by atoms with Crippen LogP contribution in [0.4, 0.5) is 0 Å². The van der Waals surface area contributed by atoms with E-state index in [9.17, 15) is 4.79 Å². The van der Waals surface area contributed by atoms with Crippen molar-refractivity contribution >= 4 is 38.5 Å². The molecule has 4 rings (SSSR count). The molecule has 0 bridgehead atoms. The summed E-state index contributed by atoms with van der Waals surface area (Å²) in [5.41, 5.74) is 3.98. The Hall–Kier alpha value is -3.12. The van der Waals surface area contributed by atoms with Gasteiger partial charge in [-0.1, -0.05) is 49.5 Å². The monoisotopic (exact) mass is 388 g/mol. The Bertz CT molecular complexity index is 1270. The molecule has 5 nitrogen and oxygen atoms in total. The molecule has 0 saturated heterocycles. The number of rotatable bonds is 4. The highest BCUT2D eigenvalue weighted by molar-refractivity contribution is 7.16. The van der Waals surface area contributed by atoms with Crippen molar-refractivity contribution in [1.29, 1.82) is 0 Å². The highest BCUT2D eigenvalue weighted by Gasteiger charge is 2.12. The number of allylic oxidation sites excluding steroid dienone is 1. The lowest BCUT2D eigenvalue weighted by Crippen LogP contribution is -2.16. The number of nitrogens with zero attached hydrogens (tertiary/aromatic N) is 4. The van der Waals surface area contributed by atoms with Crippen LogP contribution in [0.2, 0.25) is 0 Å². The minimum Gasteiger partial charge on any atom is -0.312 e. The van der Waals surface area contributed by atoms with Gasteiger partial charge in [0.25, 0.3) is 5.91 Å². The molecule has 4 aromatic rings. The zero-order valence-electron chi connectivity index (χ0n) is 15.8.